The van der Waals surface area contributed by atoms with Crippen molar-refractivity contribution in [3.63, 3.8) is 0 Å². The summed E-state index contributed by atoms with van der Waals surface area (Å²) in [6, 6.07) is 1.75. The molecule has 0 spiro atoms. The zero-order chi connectivity index (χ0) is 18.8. The number of carbonyl (C=O) groups is 2. The Labute approximate surface area is 156 Å². The number of hydrogen-bond donors (Lipinski definition) is 1. The van der Waals surface area contributed by atoms with Gasteiger partial charge in [0.25, 0.3) is 5.91 Å². The van der Waals surface area contributed by atoms with Crippen molar-refractivity contribution in [1.82, 2.24) is 14.7 Å². The van der Waals surface area contributed by atoms with E-state index in [1.807, 2.05) is 20.9 Å². The number of anilines is 1. The van der Waals surface area contributed by atoms with Gasteiger partial charge in [-0.3, -0.25) is 9.48 Å². The standard InChI is InChI=1S/C18H24N4O3S/c1-5-22-13(9-11(3)20-22)16(23)19-17-15(18(24)25-6-2)12-7-8-21(4)10-14(12)26-17/h9H,5-8,10H2,1-4H3,(H,19,23). The summed E-state index contributed by atoms with van der Waals surface area (Å²) in [5.41, 5.74) is 2.78. The van der Waals surface area contributed by atoms with Crippen LogP contribution in [0.4, 0.5) is 5.00 Å². The lowest BCUT2D eigenvalue weighted by Crippen LogP contribution is -2.26. The summed E-state index contributed by atoms with van der Waals surface area (Å²) in [7, 11) is 2.05. The molecule has 0 bridgehead atoms. The first-order chi connectivity index (χ1) is 12.4. The van der Waals surface area contributed by atoms with E-state index in [1.54, 1.807) is 17.7 Å². The average Bonchev–Trinajstić information content (AvgIpc) is 3.14. The lowest BCUT2D eigenvalue weighted by atomic mass is 10.0. The third-order valence-electron chi connectivity index (χ3n) is 4.39. The van der Waals surface area contributed by atoms with Crippen LogP contribution in [-0.4, -0.2) is 46.8 Å². The highest BCUT2D eigenvalue weighted by molar-refractivity contribution is 7.17. The monoisotopic (exact) mass is 376 g/mol. The molecule has 0 aromatic carbocycles. The first kappa shape index (κ1) is 18.6. The quantitative estimate of drug-likeness (QED) is 0.812. The van der Waals surface area contributed by atoms with Crippen LogP contribution in [0.2, 0.25) is 0 Å². The Morgan fingerprint density at radius 3 is 2.85 bits per heavy atom. The number of likely N-dealkylation sites (N-methyl/N-ethyl adjacent to an activating group) is 1. The molecule has 3 rings (SSSR count). The molecule has 0 aliphatic carbocycles. The van der Waals surface area contributed by atoms with E-state index in [1.165, 1.54) is 11.3 Å². The number of ether oxygens (including phenoxy) is 1. The van der Waals surface area contributed by atoms with Crippen LogP contribution in [0.1, 0.15) is 50.8 Å². The molecular formula is C18H24N4O3S. The Morgan fingerprint density at radius 2 is 2.15 bits per heavy atom. The molecule has 1 aliphatic heterocycles. The summed E-state index contributed by atoms with van der Waals surface area (Å²) in [6.45, 7) is 8.14. The lowest BCUT2D eigenvalue weighted by Gasteiger charge is -2.22. The SMILES string of the molecule is CCOC(=O)c1c(NC(=O)c2cc(C)nn2CC)sc2c1CCN(C)C2. The summed E-state index contributed by atoms with van der Waals surface area (Å²) in [6.07, 6.45) is 0.776. The van der Waals surface area contributed by atoms with Crippen LogP contribution < -0.4 is 5.32 Å². The van der Waals surface area contributed by atoms with Crippen molar-refractivity contribution in [3.05, 3.63) is 33.5 Å². The van der Waals surface area contributed by atoms with Gasteiger partial charge in [-0.1, -0.05) is 0 Å². The number of nitrogens with zero attached hydrogens (tertiary/aromatic N) is 3. The molecule has 2 aromatic heterocycles. The van der Waals surface area contributed by atoms with Crippen molar-refractivity contribution in [1.29, 1.82) is 0 Å². The molecule has 0 unspecified atom stereocenters. The molecule has 0 atom stereocenters. The van der Waals surface area contributed by atoms with Gasteiger partial charge in [0.05, 0.1) is 17.9 Å². The first-order valence-electron chi connectivity index (χ1n) is 8.80. The number of nitrogens with one attached hydrogen (secondary N) is 1. The van der Waals surface area contributed by atoms with Gasteiger partial charge in [0.2, 0.25) is 0 Å². The maximum atomic E-state index is 12.8. The topological polar surface area (TPSA) is 76.5 Å². The van der Waals surface area contributed by atoms with E-state index in [4.69, 9.17) is 4.74 Å². The average molecular weight is 376 g/mol. The van der Waals surface area contributed by atoms with E-state index in [-0.39, 0.29) is 11.9 Å². The van der Waals surface area contributed by atoms with E-state index >= 15 is 0 Å². The third-order valence-corrected chi connectivity index (χ3v) is 5.52. The molecule has 0 saturated heterocycles. The minimum atomic E-state index is -0.370. The van der Waals surface area contributed by atoms with Crippen molar-refractivity contribution in [2.24, 2.45) is 0 Å². The zero-order valence-electron chi connectivity index (χ0n) is 15.6. The number of aryl methyl sites for hydroxylation is 2. The second-order valence-corrected chi connectivity index (χ2v) is 7.46. The van der Waals surface area contributed by atoms with Gasteiger partial charge in [-0.25, -0.2) is 4.79 Å². The fourth-order valence-electron chi connectivity index (χ4n) is 3.17. The summed E-state index contributed by atoms with van der Waals surface area (Å²) in [5.74, 6) is -0.630. The molecular weight excluding hydrogens is 352 g/mol. The second-order valence-electron chi connectivity index (χ2n) is 6.36. The number of amides is 1. The minimum Gasteiger partial charge on any atom is -0.462 e. The molecule has 140 valence electrons. The molecule has 0 saturated carbocycles. The van der Waals surface area contributed by atoms with Gasteiger partial charge in [-0.15, -0.1) is 11.3 Å². The van der Waals surface area contributed by atoms with E-state index < -0.39 is 0 Å². The Kier molecular flexibility index (Phi) is 5.43. The molecule has 8 heteroatoms. The zero-order valence-corrected chi connectivity index (χ0v) is 16.4. The van der Waals surface area contributed by atoms with Crippen LogP contribution in [0.25, 0.3) is 0 Å². The second kappa shape index (κ2) is 7.59. The highest BCUT2D eigenvalue weighted by Crippen LogP contribution is 2.37. The number of fused-ring (bicyclic) bond motifs is 1. The van der Waals surface area contributed by atoms with Crippen LogP contribution in [-0.2, 0) is 24.2 Å². The van der Waals surface area contributed by atoms with E-state index in [0.29, 0.717) is 29.4 Å². The van der Waals surface area contributed by atoms with Crippen molar-refractivity contribution in [2.45, 2.75) is 40.3 Å². The maximum absolute atomic E-state index is 12.8. The maximum Gasteiger partial charge on any atom is 0.341 e. The van der Waals surface area contributed by atoms with Gasteiger partial charge in [-0.2, -0.15) is 5.10 Å². The van der Waals surface area contributed by atoms with Gasteiger partial charge in [-0.05, 0) is 45.9 Å². The number of rotatable bonds is 5. The summed E-state index contributed by atoms with van der Waals surface area (Å²) in [4.78, 5) is 28.6. The van der Waals surface area contributed by atoms with Crippen LogP contribution in [0, 0.1) is 6.92 Å². The van der Waals surface area contributed by atoms with Gasteiger partial charge in [0.15, 0.2) is 0 Å². The van der Waals surface area contributed by atoms with Crippen LogP contribution in [0.5, 0.6) is 0 Å². The van der Waals surface area contributed by atoms with Gasteiger partial charge in [0.1, 0.15) is 10.7 Å². The number of esters is 1. The molecule has 0 fully saturated rings. The normalized spacial score (nSPS) is 14.2. The highest BCUT2D eigenvalue weighted by atomic mass is 32.1. The summed E-state index contributed by atoms with van der Waals surface area (Å²) < 4.78 is 6.90. The highest BCUT2D eigenvalue weighted by Gasteiger charge is 2.29. The largest absolute Gasteiger partial charge is 0.462 e. The van der Waals surface area contributed by atoms with Crippen molar-refractivity contribution in [2.75, 3.05) is 25.5 Å². The van der Waals surface area contributed by atoms with Gasteiger partial charge in [0, 0.05) is 24.5 Å². The lowest BCUT2D eigenvalue weighted by molar-refractivity contribution is 0.0526. The Morgan fingerprint density at radius 1 is 1.38 bits per heavy atom. The molecule has 1 N–H and O–H groups in total. The molecule has 7 nitrogen and oxygen atoms in total. The van der Waals surface area contributed by atoms with Crippen LogP contribution in [0.15, 0.2) is 6.07 Å². The molecule has 3 heterocycles. The number of hydrogen-bond acceptors (Lipinski definition) is 6. The third kappa shape index (κ3) is 3.52. The number of carbonyl (C=O) groups excluding carboxylic acids is 2. The Hall–Kier alpha value is -2.19. The van der Waals surface area contributed by atoms with E-state index in [0.717, 1.165) is 35.6 Å². The first-order valence-corrected chi connectivity index (χ1v) is 9.62. The van der Waals surface area contributed by atoms with Crippen molar-refractivity contribution in [3.8, 4) is 0 Å². The minimum absolute atomic E-state index is 0.259. The Bertz CT molecular complexity index is 840. The smallest absolute Gasteiger partial charge is 0.341 e. The summed E-state index contributed by atoms with van der Waals surface area (Å²) in [5, 5.41) is 7.81. The van der Waals surface area contributed by atoms with Crippen molar-refractivity contribution >= 4 is 28.2 Å². The van der Waals surface area contributed by atoms with Gasteiger partial charge >= 0.3 is 5.97 Å². The molecule has 1 amide bonds. The molecule has 26 heavy (non-hydrogen) atoms. The molecule has 2 aromatic rings. The van der Waals surface area contributed by atoms with E-state index in [9.17, 15) is 9.59 Å². The Balaban J connectivity index is 1.96. The number of thiophene rings is 1. The fraction of sp³-hybridized carbons (Fsp3) is 0.500. The molecule has 0 radical (unpaired) electrons. The number of aromatic nitrogens is 2. The fourth-order valence-corrected chi connectivity index (χ4v) is 4.49. The predicted octanol–water partition coefficient (Wildman–Crippen LogP) is 2.69. The predicted molar refractivity (Wildman–Crippen MR) is 101 cm³/mol. The van der Waals surface area contributed by atoms with Crippen LogP contribution in [0.3, 0.4) is 0 Å². The van der Waals surface area contributed by atoms with Gasteiger partial charge < -0.3 is 15.0 Å². The summed E-state index contributed by atoms with van der Waals surface area (Å²) >= 11 is 1.46. The molecule has 1 aliphatic rings. The van der Waals surface area contributed by atoms with Crippen LogP contribution >= 0.6 is 11.3 Å². The van der Waals surface area contributed by atoms with Crippen molar-refractivity contribution < 1.29 is 14.3 Å². The van der Waals surface area contributed by atoms with E-state index in [2.05, 4.69) is 15.3 Å².